The van der Waals surface area contributed by atoms with Gasteiger partial charge in [0, 0.05) is 13.1 Å². The van der Waals surface area contributed by atoms with Crippen LogP contribution >= 0.6 is 0 Å². The average Bonchev–Trinajstić information content (AvgIpc) is 2.73. The molecule has 1 amide bonds. The zero-order chi connectivity index (χ0) is 16.9. The van der Waals surface area contributed by atoms with Crippen LogP contribution in [0.2, 0.25) is 0 Å². The summed E-state index contributed by atoms with van der Waals surface area (Å²) in [7, 11) is 0. The zero-order valence-corrected chi connectivity index (χ0v) is 13.3. The first-order chi connectivity index (χ1) is 11.0. The Hall–Kier alpha value is -2.08. The minimum atomic E-state index is -1.19. The monoisotopic (exact) mass is 321 g/mol. The minimum Gasteiger partial charge on any atom is -0.481 e. The third kappa shape index (κ3) is 3.82. The molecule has 1 aromatic carbocycles. The fraction of sp³-hybridized carbons (Fsp3) is 0.529. The van der Waals surface area contributed by atoms with Crippen molar-refractivity contribution in [3.63, 3.8) is 0 Å². The Morgan fingerprint density at radius 2 is 2.00 bits per heavy atom. The number of aliphatic hydroxyl groups excluding tert-OH is 1. The smallest absolute Gasteiger partial charge is 0.410 e. The van der Waals surface area contributed by atoms with E-state index >= 15 is 0 Å². The number of carbonyl (C=O) groups is 2. The van der Waals surface area contributed by atoms with Gasteiger partial charge in [0.15, 0.2) is 0 Å². The lowest BCUT2D eigenvalue weighted by Crippen LogP contribution is -2.42. The first kappa shape index (κ1) is 17.3. The van der Waals surface area contributed by atoms with Gasteiger partial charge in [0.25, 0.3) is 0 Å². The van der Waals surface area contributed by atoms with Crippen molar-refractivity contribution in [2.45, 2.75) is 38.9 Å². The van der Waals surface area contributed by atoms with Crippen LogP contribution in [0, 0.1) is 5.41 Å². The number of hydrogen-bond acceptors (Lipinski definition) is 4. The molecule has 2 atom stereocenters. The number of carboxylic acids is 1. The van der Waals surface area contributed by atoms with Crippen molar-refractivity contribution in [1.29, 1.82) is 0 Å². The van der Waals surface area contributed by atoms with E-state index < -0.39 is 23.6 Å². The molecule has 1 aromatic rings. The molecule has 1 saturated heterocycles. The molecule has 0 bridgehead atoms. The largest absolute Gasteiger partial charge is 0.481 e. The van der Waals surface area contributed by atoms with E-state index in [1.165, 1.54) is 4.90 Å². The summed E-state index contributed by atoms with van der Waals surface area (Å²) in [6.45, 7) is 2.49. The Bertz CT molecular complexity index is 547. The van der Waals surface area contributed by atoms with Crippen LogP contribution < -0.4 is 0 Å². The summed E-state index contributed by atoms with van der Waals surface area (Å²) >= 11 is 0. The number of nitrogens with zero attached hydrogens (tertiary/aromatic N) is 1. The minimum absolute atomic E-state index is 0.177. The number of aliphatic carboxylic acids is 1. The topological polar surface area (TPSA) is 87.1 Å². The lowest BCUT2D eigenvalue weighted by atomic mass is 9.76. The summed E-state index contributed by atoms with van der Waals surface area (Å²) in [5.41, 5.74) is -0.293. The summed E-state index contributed by atoms with van der Waals surface area (Å²) < 4.78 is 5.28. The van der Waals surface area contributed by atoms with Gasteiger partial charge in [0.05, 0.1) is 11.5 Å². The van der Waals surface area contributed by atoms with Crippen LogP contribution in [0.25, 0.3) is 0 Å². The van der Waals surface area contributed by atoms with E-state index in [1.54, 1.807) is 6.92 Å². The molecule has 1 aliphatic heterocycles. The number of carbonyl (C=O) groups excluding carboxylic acids is 1. The number of carboxylic acid groups (broad SMARTS) is 1. The highest BCUT2D eigenvalue weighted by Gasteiger charge is 2.45. The SMILES string of the molecule is CCC1(C(=O)O)CCN(C(=O)OCc2ccccc2)CCC1O. The van der Waals surface area contributed by atoms with Crippen molar-refractivity contribution in [3.8, 4) is 0 Å². The van der Waals surface area contributed by atoms with Crippen molar-refractivity contribution >= 4 is 12.1 Å². The third-order valence-electron chi connectivity index (χ3n) is 4.66. The molecule has 126 valence electrons. The highest BCUT2D eigenvalue weighted by Crippen LogP contribution is 2.35. The number of rotatable bonds is 4. The lowest BCUT2D eigenvalue weighted by molar-refractivity contribution is -0.157. The van der Waals surface area contributed by atoms with Gasteiger partial charge in [-0.05, 0) is 24.8 Å². The molecular weight excluding hydrogens is 298 g/mol. The first-order valence-electron chi connectivity index (χ1n) is 7.86. The molecule has 23 heavy (non-hydrogen) atoms. The van der Waals surface area contributed by atoms with Crippen LogP contribution in [0.1, 0.15) is 31.7 Å². The van der Waals surface area contributed by atoms with Crippen LogP contribution in [0.3, 0.4) is 0 Å². The fourth-order valence-corrected chi connectivity index (χ4v) is 2.97. The van der Waals surface area contributed by atoms with E-state index in [4.69, 9.17) is 4.74 Å². The molecule has 0 spiro atoms. The molecule has 0 radical (unpaired) electrons. The second-order valence-electron chi connectivity index (χ2n) is 5.90. The Balaban J connectivity index is 1.96. The normalized spacial score (nSPS) is 24.8. The molecule has 1 heterocycles. The summed E-state index contributed by atoms with van der Waals surface area (Å²) in [4.78, 5) is 25.2. The fourth-order valence-electron chi connectivity index (χ4n) is 2.97. The maximum Gasteiger partial charge on any atom is 0.410 e. The summed E-state index contributed by atoms with van der Waals surface area (Å²) in [6.07, 6.45) is -0.646. The first-order valence-corrected chi connectivity index (χ1v) is 7.86. The van der Waals surface area contributed by atoms with Gasteiger partial charge in [0.2, 0.25) is 0 Å². The van der Waals surface area contributed by atoms with Crippen LogP contribution in [0.4, 0.5) is 4.79 Å². The molecule has 1 fully saturated rings. The van der Waals surface area contributed by atoms with E-state index in [0.717, 1.165) is 5.56 Å². The number of ether oxygens (including phenoxy) is 1. The number of benzene rings is 1. The zero-order valence-electron chi connectivity index (χ0n) is 13.3. The molecule has 6 nitrogen and oxygen atoms in total. The maximum absolute atomic E-state index is 12.2. The van der Waals surface area contributed by atoms with Gasteiger partial charge in [-0.2, -0.15) is 0 Å². The number of likely N-dealkylation sites (tertiary alicyclic amines) is 1. The Morgan fingerprint density at radius 3 is 2.61 bits per heavy atom. The van der Waals surface area contributed by atoms with Crippen LogP contribution in [0.15, 0.2) is 30.3 Å². The predicted molar refractivity (Wildman–Crippen MR) is 83.8 cm³/mol. The third-order valence-corrected chi connectivity index (χ3v) is 4.66. The number of amides is 1. The van der Waals surface area contributed by atoms with Gasteiger partial charge in [-0.1, -0.05) is 37.3 Å². The molecule has 0 aliphatic carbocycles. The number of hydrogen-bond donors (Lipinski definition) is 2. The van der Waals surface area contributed by atoms with Crippen molar-refractivity contribution in [1.82, 2.24) is 4.90 Å². The Kier molecular flexibility index (Phi) is 5.60. The molecule has 0 aromatic heterocycles. The van der Waals surface area contributed by atoms with Crippen LogP contribution in [-0.2, 0) is 16.1 Å². The number of aliphatic hydroxyl groups is 1. The van der Waals surface area contributed by atoms with Gasteiger partial charge in [0.1, 0.15) is 6.61 Å². The Morgan fingerprint density at radius 1 is 1.30 bits per heavy atom. The summed E-state index contributed by atoms with van der Waals surface area (Å²) in [6, 6.07) is 9.36. The van der Waals surface area contributed by atoms with E-state index in [9.17, 15) is 19.8 Å². The molecule has 2 N–H and O–H groups in total. The van der Waals surface area contributed by atoms with Gasteiger partial charge in [-0.3, -0.25) is 4.79 Å². The second-order valence-corrected chi connectivity index (χ2v) is 5.90. The van der Waals surface area contributed by atoms with Gasteiger partial charge >= 0.3 is 12.1 Å². The van der Waals surface area contributed by atoms with E-state index in [-0.39, 0.29) is 26.0 Å². The highest BCUT2D eigenvalue weighted by molar-refractivity contribution is 5.76. The molecule has 6 heteroatoms. The molecule has 0 saturated carbocycles. The van der Waals surface area contributed by atoms with Crippen molar-refractivity contribution in [2.75, 3.05) is 13.1 Å². The summed E-state index contributed by atoms with van der Waals surface area (Å²) in [5.74, 6) is -1.01. The maximum atomic E-state index is 12.2. The van der Waals surface area contributed by atoms with Crippen molar-refractivity contribution in [3.05, 3.63) is 35.9 Å². The summed E-state index contributed by atoms with van der Waals surface area (Å²) in [5, 5.41) is 19.7. The Labute approximate surface area is 135 Å². The van der Waals surface area contributed by atoms with Gasteiger partial charge in [-0.25, -0.2) is 4.79 Å². The highest BCUT2D eigenvalue weighted by atomic mass is 16.6. The average molecular weight is 321 g/mol. The molecular formula is C17H23NO5. The van der Waals surface area contributed by atoms with Gasteiger partial charge < -0.3 is 19.8 Å². The molecule has 1 aliphatic rings. The van der Waals surface area contributed by atoms with Crippen molar-refractivity contribution < 1.29 is 24.5 Å². The molecule has 2 rings (SSSR count). The van der Waals surface area contributed by atoms with E-state index in [2.05, 4.69) is 0 Å². The van der Waals surface area contributed by atoms with Crippen LogP contribution in [-0.4, -0.2) is 46.4 Å². The lowest BCUT2D eigenvalue weighted by Gasteiger charge is -2.30. The second kappa shape index (κ2) is 7.46. The van der Waals surface area contributed by atoms with E-state index in [1.807, 2.05) is 30.3 Å². The molecule has 2 unspecified atom stereocenters. The predicted octanol–water partition coefficient (Wildman–Crippen LogP) is 2.26. The van der Waals surface area contributed by atoms with Crippen molar-refractivity contribution in [2.24, 2.45) is 5.41 Å². The quantitative estimate of drug-likeness (QED) is 0.888. The standard InChI is InChI=1S/C17H23NO5/c1-2-17(15(20)21)9-11-18(10-8-14(17)19)16(22)23-12-13-6-4-3-5-7-13/h3-7,14,19H,2,8-12H2,1H3,(H,20,21). The van der Waals surface area contributed by atoms with Crippen LogP contribution in [0.5, 0.6) is 0 Å². The van der Waals surface area contributed by atoms with E-state index in [0.29, 0.717) is 13.0 Å². The van der Waals surface area contributed by atoms with Gasteiger partial charge in [-0.15, -0.1) is 0 Å².